The first-order chi connectivity index (χ1) is 11.2. The van der Waals surface area contributed by atoms with E-state index in [9.17, 15) is 4.79 Å². The second-order valence-corrected chi connectivity index (χ2v) is 8.19. The minimum atomic E-state index is -0.473. The van der Waals surface area contributed by atoms with E-state index < -0.39 is 18.3 Å². The molecule has 1 N–H and O–H groups in total. The highest BCUT2D eigenvalue weighted by Crippen LogP contribution is 2.36. The predicted octanol–water partition coefficient (Wildman–Crippen LogP) is 3.31. The molecule has 0 aromatic heterocycles. The summed E-state index contributed by atoms with van der Waals surface area (Å²) in [5.74, 6) is -0.104. The second kappa shape index (κ2) is 6.36. The third-order valence-electron chi connectivity index (χ3n) is 5.45. The van der Waals surface area contributed by atoms with Gasteiger partial charge in [0.25, 0.3) is 5.91 Å². The molecule has 0 atom stereocenters. The maximum Gasteiger partial charge on any atom is 0.494 e. The number of amides is 1. The van der Waals surface area contributed by atoms with Gasteiger partial charge in [0.05, 0.1) is 21.8 Å². The van der Waals surface area contributed by atoms with Gasteiger partial charge in [-0.05, 0) is 58.1 Å². The first-order valence-electron chi connectivity index (χ1n) is 8.65. The van der Waals surface area contributed by atoms with Gasteiger partial charge in [-0.3, -0.25) is 4.79 Å². The normalized spacial score (nSPS) is 22.8. The molecule has 0 spiro atoms. The molecule has 4 nitrogen and oxygen atoms in total. The van der Waals surface area contributed by atoms with E-state index in [4.69, 9.17) is 20.9 Å². The summed E-state index contributed by atoms with van der Waals surface area (Å²) in [7, 11) is -0.473. The number of halogens is 1. The number of benzene rings is 1. The lowest BCUT2D eigenvalue weighted by molar-refractivity contribution is 0.00578. The maximum atomic E-state index is 12.4. The molecule has 1 saturated heterocycles. The molecule has 2 aliphatic rings. The Morgan fingerprint density at radius 3 is 2.29 bits per heavy atom. The van der Waals surface area contributed by atoms with Crippen molar-refractivity contribution < 1.29 is 14.1 Å². The molecule has 1 aliphatic carbocycles. The Morgan fingerprint density at radius 1 is 1.17 bits per heavy atom. The summed E-state index contributed by atoms with van der Waals surface area (Å²) >= 11 is 6.36. The van der Waals surface area contributed by atoms with E-state index >= 15 is 0 Å². The number of carbonyl (C=O) groups excluding carboxylic acids is 1. The zero-order chi connectivity index (χ0) is 17.5. The van der Waals surface area contributed by atoms with Crippen molar-refractivity contribution in [2.24, 2.45) is 0 Å². The molecule has 2 fully saturated rings. The van der Waals surface area contributed by atoms with E-state index in [-0.39, 0.29) is 11.9 Å². The SMILES string of the molecule is CC1(C)OB(c2ccc(C(=O)NC3CCCC3)c(Cl)c2)OC1(C)C. The molecule has 24 heavy (non-hydrogen) atoms. The summed E-state index contributed by atoms with van der Waals surface area (Å²) in [6.45, 7) is 8.05. The van der Waals surface area contributed by atoms with Gasteiger partial charge in [0.1, 0.15) is 0 Å². The van der Waals surface area contributed by atoms with E-state index in [1.807, 2.05) is 33.8 Å². The molecule has 1 aromatic rings. The van der Waals surface area contributed by atoms with Crippen LogP contribution in [0.2, 0.25) is 5.02 Å². The van der Waals surface area contributed by atoms with E-state index in [0.29, 0.717) is 10.6 Å². The highest BCUT2D eigenvalue weighted by atomic mass is 35.5. The van der Waals surface area contributed by atoms with Crippen molar-refractivity contribution in [3.8, 4) is 0 Å². The highest BCUT2D eigenvalue weighted by molar-refractivity contribution is 6.62. The van der Waals surface area contributed by atoms with Crippen LogP contribution in [0.25, 0.3) is 0 Å². The Kier molecular flexibility index (Phi) is 4.71. The molecule has 0 bridgehead atoms. The summed E-state index contributed by atoms with van der Waals surface area (Å²) in [5.41, 5.74) is 0.533. The predicted molar refractivity (Wildman–Crippen MR) is 96.9 cm³/mol. The quantitative estimate of drug-likeness (QED) is 0.852. The smallest absolute Gasteiger partial charge is 0.399 e. The third-order valence-corrected chi connectivity index (χ3v) is 5.77. The monoisotopic (exact) mass is 349 g/mol. The van der Waals surface area contributed by atoms with Gasteiger partial charge in [-0.15, -0.1) is 0 Å². The highest BCUT2D eigenvalue weighted by Gasteiger charge is 2.51. The molecule has 130 valence electrons. The van der Waals surface area contributed by atoms with Gasteiger partial charge in [-0.25, -0.2) is 0 Å². The summed E-state index contributed by atoms with van der Waals surface area (Å²) in [5, 5.41) is 3.49. The Labute approximate surface area is 149 Å². The zero-order valence-corrected chi connectivity index (χ0v) is 15.6. The molecule has 1 saturated carbocycles. The van der Waals surface area contributed by atoms with Crippen molar-refractivity contribution in [1.29, 1.82) is 0 Å². The Balaban J connectivity index is 1.74. The summed E-state index contributed by atoms with van der Waals surface area (Å²) in [4.78, 5) is 12.4. The van der Waals surface area contributed by atoms with Crippen molar-refractivity contribution in [1.82, 2.24) is 5.32 Å². The second-order valence-electron chi connectivity index (χ2n) is 7.78. The van der Waals surface area contributed by atoms with Crippen LogP contribution >= 0.6 is 11.6 Å². The molecule has 1 amide bonds. The number of rotatable bonds is 3. The standard InChI is InChI=1S/C18H25BClNO3/c1-17(2)18(3,4)24-19(23-17)12-9-10-14(15(20)11-12)16(22)21-13-7-5-6-8-13/h9-11,13H,5-8H2,1-4H3,(H,21,22). The number of nitrogens with one attached hydrogen (secondary N) is 1. The lowest BCUT2D eigenvalue weighted by Crippen LogP contribution is -2.41. The Hall–Kier alpha value is -1.04. The summed E-state index contributed by atoms with van der Waals surface area (Å²) < 4.78 is 12.1. The topological polar surface area (TPSA) is 47.6 Å². The van der Waals surface area contributed by atoms with E-state index in [1.54, 1.807) is 12.1 Å². The van der Waals surface area contributed by atoms with E-state index in [1.165, 1.54) is 12.8 Å². The minimum Gasteiger partial charge on any atom is -0.399 e. The Bertz CT molecular complexity index is 625. The average molecular weight is 350 g/mol. The number of hydrogen-bond donors (Lipinski definition) is 1. The fourth-order valence-corrected chi connectivity index (χ4v) is 3.45. The van der Waals surface area contributed by atoms with Gasteiger partial charge in [0, 0.05) is 6.04 Å². The number of hydrogen-bond acceptors (Lipinski definition) is 3. The summed E-state index contributed by atoms with van der Waals surface area (Å²) in [6, 6.07) is 5.66. The van der Waals surface area contributed by atoms with Gasteiger partial charge in [-0.1, -0.05) is 30.5 Å². The fraction of sp³-hybridized carbons (Fsp3) is 0.611. The Morgan fingerprint density at radius 2 is 1.75 bits per heavy atom. The van der Waals surface area contributed by atoms with Crippen LogP contribution < -0.4 is 10.8 Å². The van der Waals surface area contributed by atoms with Crippen LogP contribution in [-0.2, 0) is 9.31 Å². The lowest BCUT2D eigenvalue weighted by atomic mass is 9.79. The molecule has 0 unspecified atom stereocenters. The van der Waals surface area contributed by atoms with Crippen LogP contribution in [0.5, 0.6) is 0 Å². The van der Waals surface area contributed by atoms with Crippen molar-refractivity contribution in [2.75, 3.05) is 0 Å². The molecule has 3 rings (SSSR count). The summed E-state index contributed by atoms with van der Waals surface area (Å²) in [6.07, 6.45) is 4.46. The van der Waals surface area contributed by atoms with Crippen LogP contribution in [0.1, 0.15) is 63.7 Å². The maximum absolute atomic E-state index is 12.4. The van der Waals surface area contributed by atoms with Crippen molar-refractivity contribution >= 4 is 30.1 Å². The minimum absolute atomic E-state index is 0.104. The molecule has 1 heterocycles. The fourth-order valence-electron chi connectivity index (χ4n) is 3.17. The van der Waals surface area contributed by atoms with Gasteiger partial charge in [0.15, 0.2) is 0 Å². The molecular weight excluding hydrogens is 324 g/mol. The van der Waals surface area contributed by atoms with Crippen LogP contribution in [0.4, 0.5) is 0 Å². The van der Waals surface area contributed by atoms with Crippen molar-refractivity contribution in [3.05, 3.63) is 28.8 Å². The first kappa shape index (κ1) is 17.8. The third kappa shape index (κ3) is 3.35. The van der Waals surface area contributed by atoms with Gasteiger partial charge in [0.2, 0.25) is 0 Å². The van der Waals surface area contributed by atoms with Crippen molar-refractivity contribution in [3.63, 3.8) is 0 Å². The number of carbonyl (C=O) groups is 1. The first-order valence-corrected chi connectivity index (χ1v) is 9.03. The zero-order valence-electron chi connectivity index (χ0n) is 14.8. The van der Waals surface area contributed by atoms with Crippen molar-refractivity contribution in [2.45, 2.75) is 70.6 Å². The van der Waals surface area contributed by atoms with Crippen LogP contribution in [0, 0.1) is 0 Å². The van der Waals surface area contributed by atoms with Crippen LogP contribution in [0.3, 0.4) is 0 Å². The van der Waals surface area contributed by atoms with Gasteiger partial charge < -0.3 is 14.6 Å². The van der Waals surface area contributed by atoms with Gasteiger partial charge >= 0.3 is 7.12 Å². The molecule has 0 radical (unpaired) electrons. The molecule has 6 heteroatoms. The molecular formula is C18H25BClNO3. The van der Waals surface area contributed by atoms with Crippen LogP contribution in [-0.4, -0.2) is 30.3 Å². The largest absolute Gasteiger partial charge is 0.494 e. The lowest BCUT2D eigenvalue weighted by Gasteiger charge is -2.32. The van der Waals surface area contributed by atoms with E-state index in [2.05, 4.69) is 5.32 Å². The van der Waals surface area contributed by atoms with E-state index in [0.717, 1.165) is 18.3 Å². The molecule has 1 aromatic carbocycles. The van der Waals surface area contributed by atoms with Gasteiger partial charge in [-0.2, -0.15) is 0 Å². The molecule has 1 aliphatic heterocycles. The van der Waals surface area contributed by atoms with Crippen LogP contribution in [0.15, 0.2) is 18.2 Å². The average Bonchev–Trinajstić information content (AvgIpc) is 3.05.